The lowest BCUT2D eigenvalue weighted by molar-refractivity contribution is -0.136. The van der Waals surface area contributed by atoms with E-state index in [0.717, 1.165) is 19.3 Å². The molecule has 2 aliphatic heterocycles. The van der Waals surface area contributed by atoms with Crippen LogP contribution in [0.1, 0.15) is 52.8 Å². The number of hydrogen-bond acceptors (Lipinski definition) is 3. The van der Waals surface area contributed by atoms with Crippen molar-refractivity contribution in [2.75, 3.05) is 26.2 Å². The van der Waals surface area contributed by atoms with Gasteiger partial charge in [0.25, 0.3) is 11.8 Å². The van der Waals surface area contributed by atoms with E-state index in [1.54, 1.807) is 11.0 Å². The van der Waals surface area contributed by atoms with Gasteiger partial charge < -0.3 is 15.1 Å². The second-order valence-corrected chi connectivity index (χ2v) is 8.98. The van der Waals surface area contributed by atoms with E-state index in [1.165, 1.54) is 42.5 Å². The highest BCUT2D eigenvalue weighted by molar-refractivity contribution is 5.97. The fourth-order valence-electron chi connectivity index (χ4n) is 4.76. The van der Waals surface area contributed by atoms with Crippen LogP contribution in [-0.4, -0.2) is 59.7 Å². The first kappa shape index (κ1) is 23.9. The Labute approximate surface area is 197 Å². The minimum atomic E-state index is -0.720. The quantitative estimate of drug-likeness (QED) is 0.727. The molecule has 0 saturated carbocycles. The zero-order valence-electron chi connectivity index (χ0n) is 19.0. The van der Waals surface area contributed by atoms with Crippen LogP contribution in [0.2, 0.25) is 0 Å². The first-order valence-electron chi connectivity index (χ1n) is 11.8. The molecule has 2 fully saturated rings. The average Bonchev–Trinajstić information content (AvgIpc) is 2.87. The summed E-state index contributed by atoms with van der Waals surface area (Å²) in [5, 5.41) is 2.90. The second-order valence-electron chi connectivity index (χ2n) is 8.98. The van der Waals surface area contributed by atoms with Crippen molar-refractivity contribution in [2.24, 2.45) is 5.92 Å². The molecular formula is C26H29F2N3O3. The molecule has 3 amide bonds. The predicted molar refractivity (Wildman–Crippen MR) is 123 cm³/mol. The first-order chi connectivity index (χ1) is 16.4. The molecule has 180 valence electrons. The third-order valence-electron chi connectivity index (χ3n) is 6.70. The lowest BCUT2D eigenvalue weighted by Crippen LogP contribution is -2.55. The van der Waals surface area contributed by atoms with Gasteiger partial charge in [0.15, 0.2) is 0 Å². The number of rotatable bonds is 5. The highest BCUT2D eigenvalue weighted by atomic mass is 19.1. The van der Waals surface area contributed by atoms with Crippen LogP contribution in [-0.2, 0) is 4.79 Å². The van der Waals surface area contributed by atoms with Crippen LogP contribution in [0.4, 0.5) is 8.78 Å². The highest BCUT2D eigenvalue weighted by Crippen LogP contribution is 2.25. The predicted octanol–water partition coefficient (Wildman–Crippen LogP) is 3.63. The molecule has 0 unspecified atom stereocenters. The number of likely N-dealkylation sites (tertiary alicyclic amines) is 2. The van der Waals surface area contributed by atoms with Gasteiger partial charge in [-0.15, -0.1) is 0 Å². The molecule has 8 heteroatoms. The zero-order valence-corrected chi connectivity index (χ0v) is 19.0. The van der Waals surface area contributed by atoms with E-state index in [-0.39, 0.29) is 23.3 Å². The molecule has 1 N–H and O–H groups in total. The summed E-state index contributed by atoms with van der Waals surface area (Å²) in [6, 6.07) is 10.1. The Balaban J connectivity index is 1.46. The van der Waals surface area contributed by atoms with Crippen molar-refractivity contribution in [2.45, 2.75) is 38.1 Å². The van der Waals surface area contributed by atoms with E-state index in [2.05, 4.69) is 5.32 Å². The summed E-state index contributed by atoms with van der Waals surface area (Å²) in [6.45, 7) is 2.16. The molecule has 0 radical (unpaired) electrons. The number of piperidine rings is 2. The van der Waals surface area contributed by atoms with Crippen molar-refractivity contribution in [1.82, 2.24) is 15.1 Å². The monoisotopic (exact) mass is 469 g/mol. The Kier molecular flexibility index (Phi) is 7.55. The van der Waals surface area contributed by atoms with Crippen LogP contribution in [0.5, 0.6) is 0 Å². The maximum atomic E-state index is 13.5. The molecule has 4 rings (SSSR count). The van der Waals surface area contributed by atoms with Crippen LogP contribution < -0.4 is 5.32 Å². The average molecular weight is 470 g/mol. The van der Waals surface area contributed by atoms with E-state index in [4.69, 9.17) is 0 Å². The second kappa shape index (κ2) is 10.8. The maximum absolute atomic E-state index is 13.5. The first-order valence-corrected chi connectivity index (χ1v) is 11.8. The molecule has 0 aliphatic carbocycles. The van der Waals surface area contributed by atoms with Gasteiger partial charge in [-0.25, -0.2) is 8.78 Å². The summed E-state index contributed by atoms with van der Waals surface area (Å²) < 4.78 is 26.8. The molecule has 2 aromatic rings. The SMILES string of the molecule is O=C(N[C@H](C(=O)N1CCCCC1)C1CCN(C(=O)c2cccc(F)c2)CC1)c1ccc(F)cc1. The van der Waals surface area contributed by atoms with Gasteiger partial charge >= 0.3 is 0 Å². The Morgan fingerprint density at radius 1 is 0.794 bits per heavy atom. The topological polar surface area (TPSA) is 69.7 Å². The zero-order chi connectivity index (χ0) is 24.1. The summed E-state index contributed by atoms with van der Waals surface area (Å²) in [4.78, 5) is 42.6. The number of hydrogen-bond donors (Lipinski definition) is 1. The minimum absolute atomic E-state index is 0.106. The summed E-state index contributed by atoms with van der Waals surface area (Å²) in [5.74, 6) is -1.81. The van der Waals surface area contributed by atoms with Crippen LogP contribution in [0, 0.1) is 17.6 Å². The number of benzene rings is 2. The van der Waals surface area contributed by atoms with Gasteiger partial charge in [-0.1, -0.05) is 6.07 Å². The van der Waals surface area contributed by atoms with Gasteiger partial charge in [-0.05, 0) is 80.5 Å². The molecule has 0 aromatic heterocycles. The van der Waals surface area contributed by atoms with Crippen molar-refractivity contribution >= 4 is 17.7 Å². The van der Waals surface area contributed by atoms with Gasteiger partial charge in [0.05, 0.1) is 0 Å². The molecule has 6 nitrogen and oxygen atoms in total. The van der Waals surface area contributed by atoms with E-state index in [0.29, 0.717) is 44.6 Å². The van der Waals surface area contributed by atoms with Crippen LogP contribution in [0.25, 0.3) is 0 Å². The molecule has 34 heavy (non-hydrogen) atoms. The number of nitrogens with one attached hydrogen (secondary N) is 1. The van der Waals surface area contributed by atoms with E-state index in [1.807, 2.05) is 4.90 Å². The van der Waals surface area contributed by atoms with Crippen LogP contribution in [0.15, 0.2) is 48.5 Å². The van der Waals surface area contributed by atoms with Crippen LogP contribution in [0.3, 0.4) is 0 Å². The lowest BCUT2D eigenvalue weighted by Gasteiger charge is -2.38. The van der Waals surface area contributed by atoms with Crippen molar-refractivity contribution < 1.29 is 23.2 Å². The number of nitrogens with zero attached hydrogens (tertiary/aromatic N) is 2. The molecule has 2 aromatic carbocycles. The normalized spacial score (nSPS) is 17.8. The lowest BCUT2D eigenvalue weighted by atomic mass is 9.87. The fraction of sp³-hybridized carbons (Fsp3) is 0.423. The molecular weight excluding hydrogens is 440 g/mol. The summed E-state index contributed by atoms with van der Waals surface area (Å²) in [6.07, 6.45) is 4.02. The molecule has 2 aliphatic rings. The van der Waals surface area contributed by atoms with E-state index < -0.39 is 23.6 Å². The Hall–Kier alpha value is -3.29. The number of halogens is 2. The van der Waals surface area contributed by atoms with Gasteiger partial charge in [0.1, 0.15) is 17.7 Å². The standard InChI is InChI=1S/C26H29F2N3O3/c27-21-9-7-19(8-10-21)24(32)29-23(26(34)30-13-2-1-3-14-30)18-11-15-31(16-12-18)25(33)20-5-4-6-22(28)17-20/h4-10,17-18,23H,1-3,11-16H2,(H,29,32)/t23-/m0/s1. The Morgan fingerprint density at radius 2 is 1.47 bits per heavy atom. The summed E-state index contributed by atoms with van der Waals surface area (Å²) in [7, 11) is 0. The largest absolute Gasteiger partial charge is 0.341 e. The fourth-order valence-corrected chi connectivity index (χ4v) is 4.76. The van der Waals surface area contributed by atoms with Crippen LogP contribution >= 0.6 is 0 Å². The van der Waals surface area contributed by atoms with Gasteiger partial charge in [0.2, 0.25) is 5.91 Å². The molecule has 2 saturated heterocycles. The molecule has 2 heterocycles. The molecule has 0 spiro atoms. The Bertz CT molecular complexity index is 1030. The third kappa shape index (κ3) is 5.61. The van der Waals surface area contributed by atoms with Crippen molar-refractivity contribution in [3.63, 3.8) is 0 Å². The summed E-state index contributed by atoms with van der Waals surface area (Å²) >= 11 is 0. The van der Waals surface area contributed by atoms with Crippen molar-refractivity contribution in [3.05, 3.63) is 71.3 Å². The van der Waals surface area contributed by atoms with Crippen molar-refractivity contribution in [1.29, 1.82) is 0 Å². The Morgan fingerprint density at radius 3 is 2.12 bits per heavy atom. The summed E-state index contributed by atoms with van der Waals surface area (Å²) in [5.41, 5.74) is 0.584. The van der Waals surface area contributed by atoms with Gasteiger partial charge in [-0.2, -0.15) is 0 Å². The highest BCUT2D eigenvalue weighted by Gasteiger charge is 2.36. The number of carbonyl (C=O) groups is 3. The smallest absolute Gasteiger partial charge is 0.253 e. The number of amides is 3. The minimum Gasteiger partial charge on any atom is -0.341 e. The van der Waals surface area contributed by atoms with Gasteiger partial charge in [-0.3, -0.25) is 14.4 Å². The van der Waals surface area contributed by atoms with E-state index >= 15 is 0 Å². The number of carbonyl (C=O) groups excluding carboxylic acids is 3. The molecule has 0 bridgehead atoms. The van der Waals surface area contributed by atoms with Crippen molar-refractivity contribution in [3.8, 4) is 0 Å². The van der Waals surface area contributed by atoms with E-state index in [9.17, 15) is 23.2 Å². The van der Waals surface area contributed by atoms with Gasteiger partial charge in [0, 0.05) is 37.3 Å². The maximum Gasteiger partial charge on any atom is 0.253 e. The third-order valence-corrected chi connectivity index (χ3v) is 6.70. The molecule has 1 atom stereocenters.